The highest BCUT2D eigenvalue weighted by molar-refractivity contribution is 5.95. The van der Waals surface area contributed by atoms with Gasteiger partial charge in [0.2, 0.25) is 0 Å². The van der Waals surface area contributed by atoms with Gasteiger partial charge in [-0.1, -0.05) is 19.9 Å². The highest BCUT2D eigenvalue weighted by Crippen LogP contribution is 2.20. The number of hydrogen-bond acceptors (Lipinski definition) is 4. The molecule has 0 saturated carbocycles. The smallest absolute Gasteiger partial charge is 0.338 e. The lowest BCUT2D eigenvalue weighted by Crippen LogP contribution is -2.08. The molecule has 0 amide bonds. The number of carbonyl (C=O) groups excluding carboxylic acids is 1. The quantitative estimate of drug-likeness (QED) is 0.616. The van der Waals surface area contributed by atoms with Crippen LogP contribution in [-0.4, -0.2) is 17.5 Å². The van der Waals surface area contributed by atoms with E-state index in [4.69, 9.17) is 4.74 Å². The van der Waals surface area contributed by atoms with Crippen molar-refractivity contribution < 1.29 is 13.9 Å². The molecule has 0 bridgehead atoms. The van der Waals surface area contributed by atoms with Crippen LogP contribution in [0.2, 0.25) is 0 Å². The maximum absolute atomic E-state index is 13.2. The van der Waals surface area contributed by atoms with Crippen LogP contribution in [0.15, 0.2) is 48.7 Å². The van der Waals surface area contributed by atoms with Gasteiger partial charge < -0.3 is 10.1 Å². The molecule has 3 aromatic rings. The lowest BCUT2D eigenvalue weighted by molar-refractivity contribution is 0.0472. The normalized spacial score (nSPS) is 11.0. The molecule has 0 radical (unpaired) electrons. The van der Waals surface area contributed by atoms with Gasteiger partial charge in [0.15, 0.2) is 0 Å². The summed E-state index contributed by atoms with van der Waals surface area (Å²) in [5.41, 5.74) is 3.74. The van der Waals surface area contributed by atoms with E-state index in [9.17, 15) is 9.18 Å². The van der Waals surface area contributed by atoms with E-state index in [-0.39, 0.29) is 12.4 Å². The fraction of sp³-hybridized carbons (Fsp3) is 0.273. The van der Waals surface area contributed by atoms with Gasteiger partial charge >= 0.3 is 5.97 Å². The van der Waals surface area contributed by atoms with E-state index in [1.54, 1.807) is 37.4 Å². The summed E-state index contributed by atoms with van der Waals surface area (Å²) in [5.74, 6) is -0.190. The Morgan fingerprint density at radius 3 is 2.74 bits per heavy atom. The maximum atomic E-state index is 13.2. The van der Waals surface area contributed by atoms with Gasteiger partial charge in [0, 0.05) is 11.9 Å². The number of nitrogens with one attached hydrogen (secondary N) is 1. The Morgan fingerprint density at radius 2 is 2.00 bits per heavy atom. The van der Waals surface area contributed by atoms with Gasteiger partial charge in [-0.3, -0.25) is 4.98 Å². The summed E-state index contributed by atoms with van der Waals surface area (Å²) in [6.07, 6.45) is 1.79. The molecule has 0 unspecified atom stereocenters. The van der Waals surface area contributed by atoms with E-state index < -0.39 is 5.97 Å². The van der Waals surface area contributed by atoms with E-state index in [1.165, 1.54) is 12.1 Å². The number of rotatable bonds is 6. The van der Waals surface area contributed by atoms with Gasteiger partial charge in [0.1, 0.15) is 12.4 Å². The third kappa shape index (κ3) is 4.82. The van der Waals surface area contributed by atoms with Gasteiger partial charge in [0.25, 0.3) is 0 Å². The molecule has 1 aromatic heterocycles. The molecule has 27 heavy (non-hydrogen) atoms. The Balaban J connectivity index is 1.73. The fourth-order valence-corrected chi connectivity index (χ4v) is 2.73. The summed E-state index contributed by atoms with van der Waals surface area (Å²) >= 11 is 0. The number of esters is 1. The van der Waals surface area contributed by atoms with Crippen molar-refractivity contribution in [3.8, 4) is 0 Å². The predicted octanol–water partition coefficient (Wildman–Crippen LogP) is 5.11. The van der Waals surface area contributed by atoms with Crippen molar-refractivity contribution in [2.24, 2.45) is 5.92 Å². The molecule has 0 fully saturated rings. The first-order valence-corrected chi connectivity index (χ1v) is 8.98. The molecule has 2 aromatic carbocycles. The van der Waals surface area contributed by atoms with Crippen molar-refractivity contribution in [2.45, 2.75) is 27.4 Å². The number of benzene rings is 2. The molecule has 0 aliphatic rings. The maximum Gasteiger partial charge on any atom is 0.338 e. The Labute approximate surface area is 158 Å². The summed E-state index contributed by atoms with van der Waals surface area (Å²) in [5, 5.41) is 4.20. The Morgan fingerprint density at radius 1 is 1.19 bits per heavy atom. The van der Waals surface area contributed by atoms with Crippen LogP contribution in [0.4, 0.5) is 10.1 Å². The molecular formula is C22H23FN2O2. The van der Waals surface area contributed by atoms with Crippen molar-refractivity contribution in [1.82, 2.24) is 4.98 Å². The first-order chi connectivity index (χ1) is 12.9. The van der Waals surface area contributed by atoms with Crippen molar-refractivity contribution in [1.29, 1.82) is 0 Å². The van der Waals surface area contributed by atoms with Crippen LogP contribution in [0.1, 0.15) is 35.3 Å². The number of pyridine rings is 1. The molecule has 140 valence electrons. The van der Waals surface area contributed by atoms with Crippen LogP contribution in [-0.2, 0) is 11.3 Å². The van der Waals surface area contributed by atoms with Crippen molar-refractivity contribution in [3.05, 3.63) is 71.2 Å². The summed E-state index contributed by atoms with van der Waals surface area (Å²) in [7, 11) is 0. The largest absolute Gasteiger partial charge is 0.457 e. The minimum Gasteiger partial charge on any atom is -0.457 e. The van der Waals surface area contributed by atoms with Gasteiger partial charge in [-0.2, -0.15) is 0 Å². The third-order valence-corrected chi connectivity index (χ3v) is 4.29. The number of halogens is 1. The first-order valence-electron chi connectivity index (χ1n) is 8.98. The number of hydrogen-bond donors (Lipinski definition) is 1. The fourth-order valence-electron chi connectivity index (χ4n) is 2.73. The summed E-state index contributed by atoms with van der Waals surface area (Å²) < 4.78 is 18.6. The molecule has 0 spiro atoms. The zero-order valence-electron chi connectivity index (χ0n) is 15.8. The van der Waals surface area contributed by atoms with Crippen molar-refractivity contribution in [3.63, 3.8) is 0 Å². The summed E-state index contributed by atoms with van der Waals surface area (Å²) in [6.45, 7) is 7.03. The predicted molar refractivity (Wildman–Crippen MR) is 105 cm³/mol. The van der Waals surface area contributed by atoms with Gasteiger partial charge in [-0.25, -0.2) is 9.18 Å². The molecule has 5 heteroatoms. The van der Waals surface area contributed by atoms with Crippen LogP contribution in [0, 0.1) is 18.7 Å². The highest BCUT2D eigenvalue weighted by Gasteiger charge is 2.10. The number of anilines is 1. The summed E-state index contributed by atoms with van der Waals surface area (Å²) in [4.78, 5) is 16.8. The van der Waals surface area contributed by atoms with E-state index in [1.807, 2.05) is 6.07 Å². The van der Waals surface area contributed by atoms with Gasteiger partial charge in [0.05, 0.1) is 23.0 Å². The number of nitrogens with zero attached hydrogens (tertiary/aromatic N) is 1. The topological polar surface area (TPSA) is 51.2 Å². The number of carbonyl (C=O) groups is 1. The highest BCUT2D eigenvalue weighted by atomic mass is 19.1. The second-order valence-corrected chi connectivity index (χ2v) is 7.05. The summed E-state index contributed by atoms with van der Waals surface area (Å²) in [6, 6.07) is 11.7. The second-order valence-electron chi connectivity index (χ2n) is 7.05. The molecule has 4 nitrogen and oxygen atoms in total. The van der Waals surface area contributed by atoms with Crippen LogP contribution in [0.3, 0.4) is 0 Å². The Kier molecular flexibility index (Phi) is 5.69. The minimum atomic E-state index is -0.416. The van der Waals surface area contributed by atoms with E-state index in [2.05, 4.69) is 24.1 Å². The Hall–Kier alpha value is -2.95. The molecule has 0 aliphatic carbocycles. The van der Waals surface area contributed by atoms with Gasteiger partial charge in [-0.15, -0.1) is 0 Å². The number of aryl methyl sites for hydroxylation is 1. The van der Waals surface area contributed by atoms with E-state index >= 15 is 0 Å². The first kappa shape index (κ1) is 18.8. The van der Waals surface area contributed by atoms with E-state index in [0.29, 0.717) is 11.5 Å². The van der Waals surface area contributed by atoms with Crippen LogP contribution in [0.5, 0.6) is 0 Å². The zero-order valence-corrected chi connectivity index (χ0v) is 15.8. The van der Waals surface area contributed by atoms with Gasteiger partial charge in [-0.05, 0) is 60.4 Å². The number of aromatic nitrogens is 1. The van der Waals surface area contributed by atoms with Crippen LogP contribution < -0.4 is 5.32 Å². The lowest BCUT2D eigenvalue weighted by atomic mass is 10.1. The Bertz CT molecular complexity index is 970. The molecule has 0 aliphatic heterocycles. The van der Waals surface area contributed by atoms with E-state index in [0.717, 1.165) is 34.3 Å². The monoisotopic (exact) mass is 366 g/mol. The molecule has 1 heterocycles. The van der Waals surface area contributed by atoms with Crippen LogP contribution in [0.25, 0.3) is 10.9 Å². The van der Waals surface area contributed by atoms with Crippen molar-refractivity contribution in [2.75, 3.05) is 11.9 Å². The standard InChI is InChI=1S/C22H23FN2O2/c1-14(2)11-24-20-10-18-9-16(5-7-21(18)25-12-20)22(26)27-13-17-4-6-19(23)8-15(17)3/h4-10,12,14,24H,11,13H2,1-3H3. The second kappa shape index (κ2) is 8.16. The molecule has 0 saturated heterocycles. The average molecular weight is 366 g/mol. The number of fused-ring (bicyclic) bond motifs is 1. The minimum absolute atomic E-state index is 0.108. The SMILES string of the molecule is Cc1cc(F)ccc1COC(=O)c1ccc2ncc(NCC(C)C)cc2c1. The lowest BCUT2D eigenvalue weighted by Gasteiger charge is -2.10. The molecule has 3 rings (SSSR count). The third-order valence-electron chi connectivity index (χ3n) is 4.29. The van der Waals surface area contributed by atoms with Crippen molar-refractivity contribution >= 4 is 22.6 Å². The number of ether oxygens (including phenoxy) is 1. The average Bonchev–Trinajstić information content (AvgIpc) is 2.64. The molecule has 1 N–H and O–H groups in total. The molecule has 0 atom stereocenters. The zero-order chi connectivity index (χ0) is 19.4. The molecular weight excluding hydrogens is 343 g/mol. The van der Waals surface area contributed by atoms with Crippen LogP contribution >= 0.6 is 0 Å².